The van der Waals surface area contributed by atoms with Gasteiger partial charge in [-0.15, -0.1) is 0 Å². The van der Waals surface area contributed by atoms with Gasteiger partial charge in [0.1, 0.15) is 5.75 Å². The van der Waals surface area contributed by atoms with Gasteiger partial charge in [-0.3, -0.25) is 0 Å². The maximum atomic E-state index is 12.1. The van der Waals surface area contributed by atoms with Crippen LogP contribution in [0.2, 0.25) is 0 Å². The number of para-hydroxylation sites is 1. The number of carbonyl (C=O) groups is 1. The van der Waals surface area contributed by atoms with Crippen LogP contribution in [-0.2, 0) is 0 Å². The van der Waals surface area contributed by atoms with Crippen molar-refractivity contribution in [3.63, 3.8) is 0 Å². The fourth-order valence-electron chi connectivity index (χ4n) is 2.37. The minimum Gasteiger partial charge on any atom is -0.473 e. The number of ether oxygens (including phenoxy) is 1. The number of benzene rings is 1. The summed E-state index contributed by atoms with van der Waals surface area (Å²) in [6, 6.07) is 11.1. The van der Waals surface area contributed by atoms with E-state index in [1.54, 1.807) is 23.4 Å². The Labute approximate surface area is 134 Å². The van der Waals surface area contributed by atoms with Crippen molar-refractivity contribution in [3.8, 4) is 5.75 Å². The van der Waals surface area contributed by atoms with Crippen molar-refractivity contribution in [2.75, 3.05) is 37.8 Å². The normalized spacial score (nSPS) is 14.4. The predicted octanol–water partition coefficient (Wildman–Crippen LogP) is 1.34. The van der Waals surface area contributed by atoms with Crippen molar-refractivity contribution in [2.24, 2.45) is 0 Å². The second-order valence-electron chi connectivity index (χ2n) is 5.11. The van der Waals surface area contributed by atoms with Crippen LogP contribution in [0.4, 0.5) is 10.7 Å². The molecule has 0 atom stereocenters. The summed E-state index contributed by atoms with van der Waals surface area (Å²) in [7, 11) is 0. The number of urea groups is 1. The lowest BCUT2D eigenvalue weighted by molar-refractivity contribution is 0.181. The average molecular weight is 313 g/mol. The van der Waals surface area contributed by atoms with Crippen LogP contribution in [0, 0.1) is 0 Å². The molecule has 0 bridgehead atoms. The highest BCUT2D eigenvalue weighted by Crippen LogP contribution is 2.10. The molecule has 2 heterocycles. The van der Waals surface area contributed by atoms with Crippen molar-refractivity contribution >= 4 is 12.0 Å². The second kappa shape index (κ2) is 7.44. The van der Waals surface area contributed by atoms with E-state index < -0.39 is 0 Å². The molecule has 23 heavy (non-hydrogen) atoms. The van der Waals surface area contributed by atoms with Gasteiger partial charge in [0.25, 0.3) is 0 Å². The first kappa shape index (κ1) is 15.1. The highest BCUT2D eigenvalue weighted by Gasteiger charge is 2.22. The highest BCUT2D eigenvalue weighted by atomic mass is 16.5. The first-order valence-electron chi connectivity index (χ1n) is 7.55. The number of amides is 2. The Morgan fingerprint density at radius 2 is 1.74 bits per heavy atom. The van der Waals surface area contributed by atoms with E-state index in [0.29, 0.717) is 19.0 Å². The van der Waals surface area contributed by atoms with Gasteiger partial charge >= 0.3 is 6.03 Å². The lowest BCUT2D eigenvalue weighted by Crippen LogP contribution is -2.52. The number of carbonyl (C=O) groups excluding carboxylic acids is 1. The molecule has 7 heteroatoms. The molecule has 1 N–H and O–H groups in total. The van der Waals surface area contributed by atoms with Gasteiger partial charge in [0.05, 0.1) is 0 Å². The van der Waals surface area contributed by atoms with Crippen LogP contribution < -0.4 is 15.0 Å². The van der Waals surface area contributed by atoms with Gasteiger partial charge in [-0.2, -0.15) is 0 Å². The van der Waals surface area contributed by atoms with Gasteiger partial charge in [-0.1, -0.05) is 18.2 Å². The standard InChI is InChI=1S/C16H19N5O2/c22-16(19-13-23-14-5-2-1-3-6-14)21-11-9-20(10-12-21)15-17-7-4-8-18-15/h1-8H,9-13H2,(H,19,22). The Morgan fingerprint density at radius 3 is 2.43 bits per heavy atom. The van der Waals surface area contributed by atoms with Gasteiger partial charge in [0.15, 0.2) is 6.73 Å². The number of anilines is 1. The third-order valence-corrected chi connectivity index (χ3v) is 3.61. The van der Waals surface area contributed by atoms with Gasteiger partial charge in [-0.25, -0.2) is 14.8 Å². The Bertz CT molecular complexity index is 615. The van der Waals surface area contributed by atoms with E-state index in [1.807, 2.05) is 30.3 Å². The summed E-state index contributed by atoms with van der Waals surface area (Å²) < 4.78 is 5.47. The van der Waals surface area contributed by atoms with Crippen LogP contribution in [0.5, 0.6) is 5.75 Å². The summed E-state index contributed by atoms with van der Waals surface area (Å²) in [5, 5.41) is 2.77. The topological polar surface area (TPSA) is 70.6 Å². The second-order valence-corrected chi connectivity index (χ2v) is 5.11. The third kappa shape index (κ3) is 4.09. The monoisotopic (exact) mass is 313 g/mol. The minimum absolute atomic E-state index is 0.116. The number of aromatic nitrogens is 2. The fraction of sp³-hybridized carbons (Fsp3) is 0.312. The molecule has 0 radical (unpaired) electrons. The fourth-order valence-corrected chi connectivity index (χ4v) is 2.37. The Balaban J connectivity index is 1.41. The van der Waals surface area contributed by atoms with E-state index in [2.05, 4.69) is 20.2 Å². The van der Waals surface area contributed by atoms with Crippen LogP contribution in [0.25, 0.3) is 0 Å². The predicted molar refractivity (Wildman–Crippen MR) is 86.3 cm³/mol. The van der Waals surface area contributed by atoms with E-state index in [1.165, 1.54) is 0 Å². The summed E-state index contributed by atoms with van der Waals surface area (Å²) in [6.45, 7) is 2.86. The molecule has 120 valence electrons. The molecule has 1 aromatic heterocycles. The van der Waals surface area contributed by atoms with E-state index in [0.717, 1.165) is 18.8 Å². The molecule has 1 aliphatic heterocycles. The third-order valence-electron chi connectivity index (χ3n) is 3.61. The molecule has 1 saturated heterocycles. The maximum absolute atomic E-state index is 12.1. The van der Waals surface area contributed by atoms with Crippen molar-refractivity contribution in [1.82, 2.24) is 20.2 Å². The molecule has 0 aliphatic carbocycles. The van der Waals surface area contributed by atoms with Crippen molar-refractivity contribution < 1.29 is 9.53 Å². The van der Waals surface area contributed by atoms with E-state index in [-0.39, 0.29) is 12.8 Å². The molecular weight excluding hydrogens is 294 g/mol. The van der Waals surface area contributed by atoms with Crippen LogP contribution in [0.3, 0.4) is 0 Å². The molecule has 0 spiro atoms. The Hall–Kier alpha value is -2.83. The molecule has 7 nitrogen and oxygen atoms in total. The lowest BCUT2D eigenvalue weighted by Gasteiger charge is -2.34. The SMILES string of the molecule is O=C(NCOc1ccccc1)N1CCN(c2ncccn2)CC1. The lowest BCUT2D eigenvalue weighted by atomic mass is 10.3. The van der Waals surface area contributed by atoms with Gasteiger partial charge < -0.3 is 19.9 Å². The van der Waals surface area contributed by atoms with Crippen LogP contribution in [0.15, 0.2) is 48.8 Å². The molecule has 1 aliphatic rings. The number of rotatable bonds is 4. The molecule has 1 aromatic carbocycles. The summed E-state index contributed by atoms with van der Waals surface area (Å²) in [4.78, 5) is 24.4. The molecule has 3 rings (SSSR count). The average Bonchev–Trinajstić information content (AvgIpc) is 2.63. The Kier molecular flexibility index (Phi) is 4.88. The largest absolute Gasteiger partial charge is 0.473 e. The van der Waals surface area contributed by atoms with Crippen LogP contribution in [-0.4, -0.2) is 53.8 Å². The quantitative estimate of drug-likeness (QED) is 0.863. The van der Waals surface area contributed by atoms with Crippen molar-refractivity contribution in [3.05, 3.63) is 48.8 Å². The number of piperazine rings is 1. The van der Waals surface area contributed by atoms with Gasteiger partial charge in [0, 0.05) is 38.6 Å². The molecule has 2 amide bonds. The number of hydrogen-bond acceptors (Lipinski definition) is 5. The first-order chi connectivity index (χ1) is 11.3. The zero-order chi connectivity index (χ0) is 15.9. The first-order valence-corrected chi connectivity index (χ1v) is 7.55. The highest BCUT2D eigenvalue weighted by molar-refractivity contribution is 5.74. The number of nitrogens with one attached hydrogen (secondary N) is 1. The van der Waals surface area contributed by atoms with Crippen LogP contribution in [0.1, 0.15) is 0 Å². The summed E-state index contributed by atoms with van der Waals surface area (Å²) in [5.74, 6) is 1.44. The zero-order valence-electron chi connectivity index (χ0n) is 12.8. The van der Waals surface area contributed by atoms with E-state index in [9.17, 15) is 4.79 Å². The molecule has 0 saturated carbocycles. The molecular formula is C16H19N5O2. The van der Waals surface area contributed by atoms with Crippen molar-refractivity contribution in [1.29, 1.82) is 0 Å². The van der Waals surface area contributed by atoms with Crippen molar-refractivity contribution in [2.45, 2.75) is 0 Å². The van der Waals surface area contributed by atoms with Gasteiger partial charge in [-0.05, 0) is 18.2 Å². The summed E-state index contributed by atoms with van der Waals surface area (Å²) in [6.07, 6.45) is 3.45. The van der Waals surface area contributed by atoms with Crippen LogP contribution >= 0.6 is 0 Å². The van der Waals surface area contributed by atoms with E-state index in [4.69, 9.17) is 4.74 Å². The number of hydrogen-bond donors (Lipinski definition) is 1. The molecule has 1 fully saturated rings. The zero-order valence-corrected chi connectivity index (χ0v) is 12.8. The minimum atomic E-state index is -0.116. The number of nitrogens with zero attached hydrogens (tertiary/aromatic N) is 4. The van der Waals surface area contributed by atoms with Gasteiger partial charge in [0.2, 0.25) is 5.95 Å². The molecule has 0 unspecified atom stereocenters. The summed E-state index contributed by atoms with van der Waals surface area (Å²) >= 11 is 0. The van der Waals surface area contributed by atoms with E-state index >= 15 is 0 Å². The molecule has 2 aromatic rings. The maximum Gasteiger partial charge on any atom is 0.320 e. The smallest absolute Gasteiger partial charge is 0.320 e. The Morgan fingerprint density at radius 1 is 1.04 bits per heavy atom. The summed E-state index contributed by atoms with van der Waals surface area (Å²) in [5.41, 5.74) is 0.